The molecule has 1 heterocycles. The minimum Gasteiger partial charge on any atom is -0.455 e. The summed E-state index contributed by atoms with van der Waals surface area (Å²) in [4.78, 5) is 53.9. The molecule has 1 aliphatic carbocycles. The maximum atomic E-state index is 13.2. The van der Waals surface area contributed by atoms with Crippen molar-refractivity contribution in [1.29, 1.82) is 0 Å². The van der Waals surface area contributed by atoms with Gasteiger partial charge in [-0.2, -0.15) is 0 Å². The molecule has 1 fully saturated rings. The number of Topliss-reactive ketones (excluding diaryl/α,β-unsaturated/α-hetero) is 2. The molecule has 0 aromatic rings. The summed E-state index contributed by atoms with van der Waals surface area (Å²) < 4.78 is 10.8. The van der Waals surface area contributed by atoms with Crippen molar-refractivity contribution in [2.75, 3.05) is 39.8 Å². The van der Waals surface area contributed by atoms with E-state index in [4.69, 9.17) is 9.47 Å². The van der Waals surface area contributed by atoms with Crippen LogP contribution in [-0.2, 0) is 23.9 Å². The molecule has 0 unspecified atom stereocenters. The Bertz CT molecular complexity index is 994. The summed E-state index contributed by atoms with van der Waals surface area (Å²) >= 11 is 0. The number of hydrogen-bond acceptors (Lipinski definition) is 9. The molecule has 2 N–H and O–H groups in total. The number of piperazine rings is 1. The van der Waals surface area contributed by atoms with Gasteiger partial charge in [0.05, 0.1) is 18.6 Å². The first-order valence-corrected chi connectivity index (χ1v) is 14.0. The molecule has 0 aromatic heterocycles. The van der Waals surface area contributed by atoms with E-state index in [0.29, 0.717) is 18.7 Å². The van der Waals surface area contributed by atoms with E-state index in [1.807, 2.05) is 20.0 Å². The van der Waals surface area contributed by atoms with Crippen molar-refractivity contribution in [2.24, 2.45) is 17.8 Å². The van der Waals surface area contributed by atoms with Crippen LogP contribution in [0, 0.1) is 17.8 Å². The van der Waals surface area contributed by atoms with Crippen LogP contribution in [0.1, 0.15) is 53.9 Å². The highest BCUT2D eigenvalue weighted by Gasteiger charge is 2.36. The van der Waals surface area contributed by atoms with Gasteiger partial charge in [-0.25, -0.2) is 4.79 Å². The molecular weight excluding hydrogens is 516 g/mol. The Kier molecular flexibility index (Phi) is 12.7. The number of rotatable bonds is 6. The third-order valence-electron chi connectivity index (χ3n) is 7.50. The standard InChI is InChI=1S/C30H46N2O8/c1-20(19-39-29(37)32-16-14-31(6)15-17-32)8-7-9-21(2)27-22(3)10-11-26(40-23(4)33)30(5,38)13-12-24(34)18-25(35)28(27)36/h7-11,20,22,24,26-27,34,38H,12-19H2,1-6H3/b8-7+,11-10+,21-9+/t20-,22+,24+,26+,27-,30+/m1/s1. The Hall–Kier alpha value is -2.82. The van der Waals surface area contributed by atoms with E-state index in [-0.39, 0.29) is 37.9 Å². The lowest BCUT2D eigenvalue weighted by atomic mass is 9.79. The van der Waals surface area contributed by atoms with Crippen molar-refractivity contribution < 1.29 is 38.9 Å². The summed E-state index contributed by atoms with van der Waals surface area (Å²) in [6.45, 7) is 11.3. The van der Waals surface area contributed by atoms with E-state index in [1.54, 1.807) is 43.1 Å². The Morgan fingerprint density at radius 1 is 1.18 bits per heavy atom. The van der Waals surface area contributed by atoms with E-state index < -0.39 is 47.2 Å². The van der Waals surface area contributed by atoms with Crippen molar-refractivity contribution >= 4 is 23.6 Å². The summed E-state index contributed by atoms with van der Waals surface area (Å²) in [6.07, 6.45) is 5.97. The molecule has 40 heavy (non-hydrogen) atoms. The molecule has 1 amide bonds. The summed E-state index contributed by atoms with van der Waals surface area (Å²) in [6, 6.07) is 0. The number of carbonyl (C=O) groups excluding carboxylic acids is 4. The van der Waals surface area contributed by atoms with Gasteiger partial charge in [0.25, 0.3) is 0 Å². The van der Waals surface area contributed by atoms with E-state index in [2.05, 4.69) is 4.90 Å². The monoisotopic (exact) mass is 562 g/mol. The molecular formula is C30H46N2O8. The molecule has 10 nitrogen and oxygen atoms in total. The van der Waals surface area contributed by atoms with Crippen molar-refractivity contribution in [3.63, 3.8) is 0 Å². The summed E-state index contributed by atoms with van der Waals surface area (Å²) in [7, 11) is 2.02. The molecule has 6 atom stereocenters. The number of carbonyl (C=O) groups is 4. The van der Waals surface area contributed by atoms with E-state index in [0.717, 1.165) is 13.1 Å². The van der Waals surface area contributed by atoms with Gasteiger partial charge in [0.2, 0.25) is 11.6 Å². The largest absolute Gasteiger partial charge is 0.455 e. The number of ketones is 2. The van der Waals surface area contributed by atoms with Gasteiger partial charge in [-0.3, -0.25) is 14.4 Å². The minimum atomic E-state index is -1.47. The summed E-state index contributed by atoms with van der Waals surface area (Å²) in [5.41, 5.74) is -0.835. The second-order valence-corrected chi connectivity index (χ2v) is 11.4. The summed E-state index contributed by atoms with van der Waals surface area (Å²) in [5.74, 6) is -3.20. The number of hydrogen-bond donors (Lipinski definition) is 2. The smallest absolute Gasteiger partial charge is 0.409 e. The van der Waals surface area contributed by atoms with Gasteiger partial charge in [-0.1, -0.05) is 43.7 Å². The summed E-state index contributed by atoms with van der Waals surface area (Å²) in [5, 5.41) is 21.3. The average Bonchev–Trinajstić information content (AvgIpc) is 2.88. The molecule has 0 spiro atoms. The van der Waals surface area contributed by atoms with Gasteiger partial charge in [-0.15, -0.1) is 0 Å². The van der Waals surface area contributed by atoms with Gasteiger partial charge < -0.3 is 29.5 Å². The molecule has 1 aliphatic heterocycles. The predicted molar refractivity (Wildman–Crippen MR) is 150 cm³/mol. The number of nitrogens with zero attached hydrogens (tertiary/aromatic N) is 2. The van der Waals surface area contributed by atoms with Crippen molar-refractivity contribution in [3.8, 4) is 0 Å². The minimum absolute atomic E-state index is 0.0622. The van der Waals surface area contributed by atoms with E-state index in [1.165, 1.54) is 13.8 Å². The first-order valence-electron chi connectivity index (χ1n) is 14.0. The average molecular weight is 563 g/mol. The molecule has 0 bridgehead atoms. The van der Waals surface area contributed by atoms with Crippen molar-refractivity contribution in [1.82, 2.24) is 9.80 Å². The van der Waals surface area contributed by atoms with Gasteiger partial charge in [-0.05, 0) is 45.7 Å². The highest BCUT2D eigenvalue weighted by Crippen LogP contribution is 2.29. The fourth-order valence-electron chi connectivity index (χ4n) is 4.83. The van der Waals surface area contributed by atoms with E-state index in [9.17, 15) is 29.4 Å². The highest BCUT2D eigenvalue weighted by atomic mass is 16.6. The number of likely N-dealkylation sites (N-methyl/N-ethyl adjacent to an activating group) is 1. The van der Waals surface area contributed by atoms with Crippen LogP contribution in [0.5, 0.6) is 0 Å². The lowest BCUT2D eigenvalue weighted by Crippen LogP contribution is -2.47. The van der Waals surface area contributed by atoms with Crippen LogP contribution in [0.2, 0.25) is 0 Å². The van der Waals surface area contributed by atoms with Gasteiger partial charge in [0.1, 0.15) is 11.7 Å². The zero-order chi connectivity index (χ0) is 30.0. The maximum Gasteiger partial charge on any atom is 0.409 e. The fourth-order valence-corrected chi connectivity index (χ4v) is 4.83. The molecule has 0 radical (unpaired) electrons. The maximum absolute atomic E-state index is 13.2. The number of allylic oxidation sites excluding steroid dienone is 4. The highest BCUT2D eigenvalue weighted by molar-refractivity contribution is 6.38. The second kappa shape index (κ2) is 15.3. The molecule has 2 rings (SSSR count). The molecule has 0 aromatic carbocycles. The van der Waals surface area contributed by atoms with Crippen LogP contribution >= 0.6 is 0 Å². The zero-order valence-corrected chi connectivity index (χ0v) is 24.7. The first kappa shape index (κ1) is 33.4. The number of esters is 1. The van der Waals surface area contributed by atoms with Gasteiger partial charge in [0.15, 0.2) is 0 Å². The van der Waals surface area contributed by atoms with Crippen LogP contribution in [0.15, 0.2) is 36.0 Å². The molecule has 10 heteroatoms. The van der Waals surface area contributed by atoms with Crippen molar-refractivity contribution in [3.05, 3.63) is 36.0 Å². The van der Waals surface area contributed by atoms with Crippen LogP contribution in [-0.4, -0.2) is 101 Å². The quantitative estimate of drug-likeness (QED) is 0.217. The SMILES string of the molecule is CC(=O)O[C@H]1/C=C/[C@H](C)[C@@H](/C(C)=C/C=C/[C@@H](C)COC(=O)N2CCN(C)CC2)C(=O)C(=O)C[C@@H](O)CC[C@]1(C)O. The topological polar surface area (TPSA) is 134 Å². The van der Waals surface area contributed by atoms with Crippen LogP contribution in [0.4, 0.5) is 4.79 Å². The van der Waals surface area contributed by atoms with Gasteiger partial charge >= 0.3 is 12.1 Å². The van der Waals surface area contributed by atoms with Crippen molar-refractivity contribution in [2.45, 2.75) is 71.7 Å². The molecule has 224 valence electrons. The van der Waals surface area contributed by atoms with Gasteiger partial charge in [0, 0.05) is 45.4 Å². The molecule has 2 aliphatic rings. The number of aliphatic hydroxyl groups excluding tert-OH is 1. The predicted octanol–water partition coefficient (Wildman–Crippen LogP) is 2.68. The van der Waals surface area contributed by atoms with Crippen LogP contribution in [0.25, 0.3) is 0 Å². The Labute approximate surface area is 237 Å². The number of amides is 1. The normalized spacial score (nSPS) is 31.3. The number of ether oxygens (including phenoxy) is 2. The Morgan fingerprint density at radius 2 is 1.82 bits per heavy atom. The zero-order valence-electron chi connectivity index (χ0n) is 24.7. The lowest BCUT2D eigenvalue weighted by molar-refractivity contribution is -0.156. The first-order chi connectivity index (χ1) is 18.7. The number of aliphatic hydroxyl groups is 2. The second-order valence-electron chi connectivity index (χ2n) is 11.4. The Balaban J connectivity index is 2.16. The van der Waals surface area contributed by atoms with Crippen LogP contribution < -0.4 is 0 Å². The third-order valence-corrected chi connectivity index (χ3v) is 7.50. The lowest BCUT2D eigenvalue weighted by Gasteiger charge is -2.32. The molecule has 0 saturated carbocycles. The molecule has 1 saturated heterocycles. The third kappa shape index (κ3) is 10.3. The fraction of sp³-hybridized carbons (Fsp3) is 0.667. The Morgan fingerprint density at radius 3 is 2.45 bits per heavy atom. The van der Waals surface area contributed by atoms with Crippen LogP contribution in [0.3, 0.4) is 0 Å². The van der Waals surface area contributed by atoms with E-state index >= 15 is 0 Å².